The first kappa shape index (κ1) is 17.5. The maximum Gasteiger partial charge on any atom is 0.0765 e. The molecule has 0 amide bonds. The van der Waals surface area contributed by atoms with Crippen LogP contribution in [0.3, 0.4) is 0 Å². The second-order valence-corrected chi connectivity index (χ2v) is 7.05. The van der Waals surface area contributed by atoms with Crippen LogP contribution in [0.5, 0.6) is 0 Å². The van der Waals surface area contributed by atoms with Gasteiger partial charge in [-0.2, -0.15) is 0 Å². The van der Waals surface area contributed by atoms with E-state index in [4.69, 9.17) is 0 Å². The van der Waals surface area contributed by atoms with E-state index in [-0.39, 0.29) is 0 Å². The van der Waals surface area contributed by atoms with E-state index < -0.39 is 5.60 Å². The molecule has 0 aliphatic rings. The van der Waals surface area contributed by atoms with Gasteiger partial charge in [0.15, 0.2) is 0 Å². The first-order chi connectivity index (χ1) is 9.23. The second kappa shape index (κ2) is 7.43. The molecule has 0 unspecified atom stereocenters. The van der Waals surface area contributed by atoms with E-state index >= 15 is 0 Å². The highest BCUT2D eigenvalue weighted by Crippen LogP contribution is 2.26. The van der Waals surface area contributed by atoms with Gasteiger partial charge in [0.2, 0.25) is 0 Å². The molecule has 0 aromatic heterocycles. The van der Waals surface area contributed by atoms with E-state index in [1.54, 1.807) is 0 Å². The molecule has 0 bridgehead atoms. The first-order valence-corrected chi connectivity index (χ1v) is 8.01. The minimum absolute atomic E-state index is 0.450. The van der Waals surface area contributed by atoms with E-state index in [1.807, 2.05) is 13.8 Å². The van der Waals surface area contributed by atoms with Crippen LogP contribution in [0.25, 0.3) is 0 Å². The van der Waals surface area contributed by atoms with Gasteiger partial charge in [-0.05, 0) is 44.5 Å². The van der Waals surface area contributed by atoms with Crippen LogP contribution in [-0.4, -0.2) is 29.8 Å². The smallest absolute Gasteiger partial charge is 0.0765 e. The Labute approximate surface area is 131 Å². The molecule has 0 spiro atoms. The van der Waals surface area contributed by atoms with Crippen molar-refractivity contribution in [2.75, 3.05) is 18.0 Å². The summed E-state index contributed by atoms with van der Waals surface area (Å²) in [5.41, 5.74) is 1.73. The monoisotopic (exact) mass is 342 g/mol. The highest BCUT2D eigenvalue weighted by atomic mass is 79.9. The fourth-order valence-electron chi connectivity index (χ4n) is 2.15. The standard InChI is InChI=1S/C16H27BrN2O/c1-6-19(11-16(4,5)20)15-8-7-14(17)9-13(15)10-18-12(2)3/h7-9,12,18,20H,6,10-11H2,1-5H3. The average molecular weight is 343 g/mol. The third-order valence-electron chi connectivity index (χ3n) is 3.04. The Kier molecular flexibility index (Phi) is 6.49. The summed E-state index contributed by atoms with van der Waals surface area (Å²) < 4.78 is 1.08. The minimum Gasteiger partial charge on any atom is -0.389 e. The molecule has 0 atom stereocenters. The Bertz CT molecular complexity index is 427. The Balaban J connectivity index is 3.01. The van der Waals surface area contributed by atoms with Gasteiger partial charge in [0, 0.05) is 35.8 Å². The molecule has 0 saturated heterocycles. The molecule has 0 radical (unpaired) electrons. The number of likely N-dealkylation sites (N-methyl/N-ethyl adjacent to an activating group) is 1. The number of nitrogens with zero attached hydrogens (tertiary/aromatic N) is 1. The number of halogens is 1. The van der Waals surface area contributed by atoms with Crippen LogP contribution in [0.2, 0.25) is 0 Å². The van der Waals surface area contributed by atoms with Gasteiger partial charge in [-0.3, -0.25) is 0 Å². The van der Waals surface area contributed by atoms with Crippen molar-refractivity contribution in [3.05, 3.63) is 28.2 Å². The molecule has 20 heavy (non-hydrogen) atoms. The van der Waals surface area contributed by atoms with Crippen LogP contribution in [0.1, 0.15) is 40.2 Å². The Morgan fingerprint density at radius 1 is 1.35 bits per heavy atom. The summed E-state index contributed by atoms with van der Waals surface area (Å²) in [5, 5.41) is 13.5. The Morgan fingerprint density at radius 3 is 2.50 bits per heavy atom. The molecule has 1 aromatic carbocycles. The van der Waals surface area contributed by atoms with Crippen LogP contribution < -0.4 is 10.2 Å². The van der Waals surface area contributed by atoms with Crippen molar-refractivity contribution in [2.24, 2.45) is 0 Å². The molecule has 4 heteroatoms. The SMILES string of the molecule is CCN(CC(C)(C)O)c1ccc(Br)cc1CNC(C)C. The maximum absolute atomic E-state index is 10.1. The van der Waals surface area contributed by atoms with Crippen molar-refractivity contribution >= 4 is 21.6 Å². The molecule has 1 rings (SSSR count). The van der Waals surface area contributed by atoms with Gasteiger partial charge >= 0.3 is 0 Å². The zero-order valence-corrected chi connectivity index (χ0v) is 14.8. The molecular weight excluding hydrogens is 316 g/mol. The Morgan fingerprint density at radius 2 is 2.00 bits per heavy atom. The molecule has 0 aliphatic carbocycles. The number of hydrogen-bond acceptors (Lipinski definition) is 3. The van der Waals surface area contributed by atoms with E-state index in [0.29, 0.717) is 12.6 Å². The van der Waals surface area contributed by atoms with E-state index in [0.717, 1.165) is 17.6 Å². The number of hydrogen-bond donors (Lipinski definition) is 2. The molecule has 0 fully saturated rings. The van der Waals surface area contributed by atoms with Crippen LogP contribution in [0.15, 0.2) is 22.7 Å². The highest BCUT2D eigenvalue weighted by molar-refractivity contribution is 9.10. The molecule has 0 aliphatic heterocycles. The summed E-state index contributed by atoms with van der Waals surface area (Å²) in [4.78, 5) is 2.23. The molecule has 3 nitrogen and oxygen atoms in total. The van der Waals surface area contributed by atoms with E-state index in [9.17, 15) is 5.11 Å². The van der Waals surface area contributed by atoms with Crippen LogP contribution in [-0.2, 0) is 6.54 Å². The lowest BCUT2D eigenvalue weighted by Crippen LogP contribution is -2.39. The van der Waals surface area contributed by atoms with Gasteiger partial charge in [-0.25, -0.2) is 0 Å². The normalized spacial score (nSPS) is 12.0. The number of rotatable bonds is 7. The predicted molar refractivity (Wildman–Crippen MR) is 90.3 cm³/mol. The predicted octanol–water partition coefficient (Wildman–Crippen LogP) is 3.54. The fourth-order valence-corrected chi connectivity index (χ4v) is 2.56. The first-order valence-electron chi connectivity index (χ1n) is 7.22. The lowest BCUT2D eigenvalue weighted by atomic mass is 10.1. The van der Waals surface area contributed by atoms with Crippen LogP contribution in [0.4, 0.5) is 5.69 Å². The third-order valence-corrected chi connectivity index (χ3v) is 3.54. The molecular formula is C16H27BrN2O. The fraction of sp³-hybridized carbons (Fsp3) is 0.625. The van der Waals surface area contributed by atoms with Crippen molar-refractivity contribution in [3.63, 3.8) is 0 Å². The molecule has 0 heterocycles. The van der Waals surface area contributed by atoms with Gasteiger partial charge in [0.25, 0.3) is 0 Å². The minimum atomic E-state index is -0.703. The summed E-state index contributed by atoms with van der Waals surface area (Å²) in [7, 11) is 0. The lowest BCUT2D eigenvalue weighted by Gasteiger charge is -2.31. The van der Waals surface area contributed by atoms with E-state index in [2.05, 4.69) is 65.1 Å². The number of nitrogens with one attached hydrogen (secondary N) is 1. The molecule has 1 aromatic rings. The topological polar surface area (TPSA) is 35.5 Å². The quantitative estimate of drug-likeness (QED) is 0.795. The zero-order valence-electron chi connectivity index (χ0n) is 13.2. The maximum atomic E-state index is 10.1. The largest absolute Gasteiger partial charge is 0.389 e. The molecule has 114 valence electrons. The lowest BCUT2D eigenvalue weighted by molar-refractivity contribution is 0.0875. The summed E-state index contributed by atoms with van der Waals surface area (Å²) in [6.45, 7) is 12.4. The number of aliphatic hydroxyl groups is 1. The average Bonchev–Trinajstić information content (AvgIpc) is 2.32. The summed E-state index contributed by atoms with van der Waals surface area (Å²) in [6.07, 6.45) is 0. The second-order valence-electron chi connectivity index (χ2n) is 6.14. The number of anilines is 1. The van der Waals surface area contributed by atoms with Gasteiger partial charge in [-0.1, -0.05) is 29.8 Å². The Hall–Kier alpha value is -0.580. The summed E-state index contributed by atoms with van der Waals surface area (Å²) in [6, 6.07) is 6.78. The third kappa shape index (κ3) is 5.81. The van der Waals surface area contributed by atoms with Gasteiger partial charge in [0.1, 0.15) is 0 Å². The summed E-state index contributed by atoms with van der Waals surface area (Å²) >= 11 is 3.54. The van der Waals surface area contributed by atoms with Gasteiger partial charge in [-0.15, -0.1) is 0 Å². The van der Waals surface area contributed by atoms with Crippen molar-refractivity contribution in [1.82, 2.24) is 5.32 Å². The van der Waals surface area contributed by atoms with Crippen LogP contribution in [0, 0.1) is 0 Å². The zero-order chi connectivity index (χ0) is 15.3. The highest BCUT2D eigenvalue weighted by Gasteiger charge is 2.19. The van der Waals surface area contributed by atoms with Crippen molar-refractivity contribution < 1.29 is 5.11 Å². The van der Waals surface area contributed by atoms with Gasteiger partial charge in [0.05, 0.1) is 5.60 Å². The van der Waals surface area contributed by atoms with Gasteiger partial charge < -0.3 is 15.3 Å². The van der Waals surface area contributed by atoms with Crippen molar-refractivity contribution in [3.8, 4) is 0 Å². The van der Waals surface area contributed by atoms with Crippen molar-refractivity contribution in [1.29, 1.82) is 0 Å². The summed E-state index contributed by atoms with van der Waals surface area (Å²) in [5.74, 6) is 0. The number of benzene rings is 1. The van der Waals surface area contributed by atoms with E-state index in [1.165, 1.54) is 11.3 Å². The molecule has 2 N–H and O–H groups in total. The van der Waals surface area contributed by atoms with Crippen LogP contribution >= 0.6 is 15.9 Å². The molecule has 0 saturated carbocycles. The van der Waals surface area contributed by atoms with Crippen molar-refractivity contribution in [2.45, 2.75) is 52.8 Å².